The Kier molecular flexibility index (Phi) is 7.06. The van der Waals surface area contributed by atoms with Gasteiger partial charge in [0.1, 0.15) is 0 Å². The maximum Gasteiger partial charge on any atom is 0.0590 e. The molecule has 2 heteroatoms. The van der Waals surface area contributed by atoms with Crippen molar-refractivity contribution in [3.05, 3.63) is 0 Å². The summed E-state index contributed by atoms with van der Waals surface area (Å²) in [7, 11) is 0. The van der Waals surface area contributed by atoms with Gasteiger partial charge in [-0.25, -0.2) is 0 Å². The molecule has 0 bridgehead atoms. The number of ether oxygens (including phenoxy) is 1. The van der Waals surface area contributed by atoms with Crippen LogP contribution in [0, 0.1) is 5.92 Å². The fourth-order valence-corrected chi connectivity index (χ4v) is 2.33. The fourth-order valence-electron chi connectivity index (χ4n) is 2.33. The lowest BCUT2D eigenvalue weighted by molar-refractivity contribution is 0.0963. The zero-order valence-electron chi connectivity index (χ0n) is 11.3. The lowest BCUT2D eigenvalue weighted by Crippen LogP contribution is -2.30. The highest BCUT2D eigenvalue weighted by atomic mass is 16.5. The van der Waals surface area contributed by atoms with Crippen LogP contribution >= 0.6 is 0 Å². The first-order chi connectivity index (χ1) is 7.68. The summed E-state index contributed by atoms with van der Waals surface area (Å²) < 4.78 is 5.64. The van der Waals surface area contributed by atoms with Crippen molar-refractivity contribution in [2.45, 2.75) is 71.4 Å². The van der Waals surface area contributed by atoms with Crippen molar-refractivity contribution >= 4 is 0 Å². The molecular formula is C14H29NO. The number of nitrogens with one attached hydrogen (secondary N) is 1. The second-order valence-electron chi connectivity index (χ2n) is 5.62. The van der Waals surface area contributed by atoms with E-state index in [-0.39, 0.29) is 0 Å². The molecule has 1 saturated heterocycles. The Balaban J connectivity index is 1.91. The third-order valence-electron chi connectivity index (χ3n) is 3.34. The van der Waals surface area contributed by atoms with Crippen LogP contribution in [0.3, 0.4) is 0 Å². The van der Waals surface area contributed by atoms with Crippen LogP contribution in [-0.4, -0.2) is 25.3 Å². The van der Waals surface area contributed by atoms with E-state index in [0.717, 1.165) is 12.5 Å². The first kappa shape index (κ1) is 14.0. The van der Waals surface area contributed by atoms with Gasteiger partial charge in [0.2, 0.25) is 0 Å². The van der Waals surface area contributed by atoms with Gasteiger partial charge in [0.25, 0.3) is 0 Å². The van der Waals surface area contributed by atoms with Gasteiger partial charge in [-0.05, 0) is 45.1 Å². The predicted octanol–water partition coefficient (Wildman–Crippen LogP) is 3.36. The van der Waals surface area contributed by atoms with Crippen molar-refractivity contribution in [1.82, 2.24) is 5.32 Å². The van der Waals surface area contributed by atoms with Crippen LogP contribution in [0.25, 0.3) is 0 Å². The second kappa shape index (κ2) is 8.08. The summed E-state index contributed by atoms with van der Waals surface area (Å²) in [5, 5.41) is 3.60. The summed E-state index contributed by atoms with van der Waals surface area (Å²) >= 11 is 0. The van der Waals surface area contributed by atoms with Crippen molar-refractivity contribution in [1.29, 1.82) is 0 Å². The standard InChI is InChI=1S/C14H29NO/c1-12(2)7-4-5-9-15-13(3)11-14-8-6-10-16-14/h12-15H,4-11H2,1-3H3. The maximum atomic E-state index is 5.64. The van der Waals surface area contributed by atoms with Crippen LogP contribution in [0.2, 0.25) is 0 Å². The van der Waals surface area contributed by atoms with Gasteiger partial charge in [-0.1, -0.05) is 26.7 Å². The number of unbranched alkanes of at least 4 members (excludes halogenated alkanes) is 1. The van der Waals surface area contributed by atoms with Crippen LogP contribution in [-0.2, 0) is 4.74 Å². The molecule has 0 saturated carbocycles. The van der Waals surface area contributed by atoms with Gasteiger partial charge >= 0.3 is 0 Å². The van der Waals surface area contributed by atoms with E-state index in [1.807, 2.05) is 0 Å². The molecule has 2 nitrogen and oxygen atoms in total. The first-order valence-corrected chi connectivity index (χ1v) is 7.03. The van der Waals surface area contributed by atoms with Gasteiger partial charge in [0, 0.05) is 12.6 Å². The molecule has 0 aromatic rings. The summed E-state index contributed by atoms with van der Waals surface area (Å²) in [6, 6.07) is 0.613. The van der Waals surface area contributed by atoms with Crippen LogP contribution in [0.15, 0.2) is 0 Å². The zero-order chi connectivity index (χ0) is 11.8. The molecule has 0 spiro atoms. The third-order valence-corrected chi connectivity index (χ3v) is 3.34. The molecule has 1 fully saturated rings. The number of hydrogen-bond donors (Lipinski definition) is 1. The van der Waals surface area contributed by atoms with E-state index >= 15 is 0 Å². The Bertz CT molecular complexity index is 164. The molecule has 0 aromatic carbocycles. The molecule has 0 amide bonds. The van der Waals surface area contributed by atoms with E-state index < -0.39 is 0 Å². The summed E-state index contributed by atoms with van der Waals surface area (Å²) in [4.78, 5) is 0. The van der Waals surface area contributed by atoms with Crippen molar-refractivity contribution in [3.63, 3.8) is 0 Å². The molecule has 0 aliphatic carbocycles. The minimum atomic E-state index is 0.526. The van der Waals surface area contributed by atoms with Crippen LogP contribution in [0.4, 0.5) is 0 Å². The normalized spacial score (nSPS) is 22.9. The maximum absolute atomic E-state index is 5.64. The average molecular weight is 227 g/mol. The molecule has 2 unspecified atom stereocenters. The molecule has 1 aliphatic heterocycles. The average Bonchev–Trinajstić information content (AvgIpc) is 2.69. The van der Waals surface area contributed by atoms with Crippen LogP contribution in [0.1, 0.15) is 59.3 Å². The summed E-state index contributed by atoms with van der Waals surface area (Å²) in [6.45, 7) is 9.03. The molecule has 1 rings (SSSR count). The molecule has 0 radical (unpaired) electrons. The number of rotatable bonds is 8. The quantitative estimate of drug-likeness (QED) is 0.642. The lowest BCUT2D eigenvalue weighted by Gasteiger charge is -2.17. The molecule has 1 heterocycles. The fraction of sp³-hybridized carbons (Fsp3) is 1.00. The third kappa shape index (κ3) is 6.49. The molecule has 1 N–H and O–H groups in total. The Morgan fingerprint density at radius 1 is 1.25 bits per heavy atom. The summed E-state index contributed by atoms with van der Waals surface area (Å²) in [5.41, 5.74) is 0. The minimum Gasteiger partial charge on any atom is -0.378 e. The highest BCUT2D eigenvalue weighted by molar-refractivity contribution is 4.71. The van der Waals surface area contributed by atoms with Gasteiger partial charge in [-0.15, -0.1) is 0 Å². The summed E-state index contributed by atoms with van der Waals surface area (Å²) in [5.74, 6) is 0.851. The van der Waals surface area contributed by atoms with Gasteiger partial charge in [-0.2, -0.15) is 0 Å². The Morgan fingerprint density at radius 3 is 2.69 bits per heavy atom. The van der Waals surface area contributed by atoms with Crippen LogP contribution < -0.4 is 5.32 Å². The Morgan fingerprint density at radius 2 is 2.06 bits per heavy atom. The second-order valence-corrected chi connectivity index (χ2v) is 5.62. The smallest absolute Gasteiger partial charge is 0.0590 e. The summed E-state index contributed by atoms with van der Waals surface area (Å²) in [6.07, 6.45) is 8.26. The monoisotopic (exact) mass is 227 g/mol. The van der Waals surface area contributed by atoms with E-state index in [0.29, 0.717) is 12.1 Å². The van der Waals surface area contributed by atoms with Crippen LogP contribution in [0.5, 0.6) is 0 Å². The van der Waals surface area contributed by atoms with Gasteiger partial charge < -0.3 is 10.1 Å². The van der Waals surface area contributed by atoms with Gasteiger partial charge in [0.15, 0.2) is 0 Å². The van der Waals surface area contributed by atoms with E-state index in [9.17, 15) is 0 Å². The minimum absolute atomic E-state index is 0.526. The van der Waals surface area contributed by atoms with Crippen molar-refractivity contribution < 1.29 is 4.74 Å². The largest absolute Gasteiger partial charge is 0.378 e. The first-order valence-electron chi connectivity index (χ1n) is 7.03. The zero-order valence-corrected chi connectivity index (χ0v) is 11.3. The molecule has 2 atom stereocenters. The van der Waals surface area contributed by atoms with E-state index in [1.54, 1.807) is 0 Å². The SMILES string of the molecule is CC(C)CCCCNC(C)CC1CCCO1. The Labute approximate surface area is 101 Å². The van der Waals surface area contributed by atoms with Gasteiger partial charge in [0.05, 0.1) is 6.10 Å². The van der Waals surface area contributed by atoms with Crippen molar-refractivity contribution in [2.75, 3.05) is 13.2 Å². The topological polar surface area (TPSA) is 21.3 Å². The van der Waals surface area contributed by atoms with Crippen molar-refractivity contribution in [3.8, 4) is 0 Å². The lowest BCUT2D eigenvalue weighted by atomic mass is 10.1. The molecule has 96 valence electrons. The molecule has 0 aromatic heterocycles. The number of hydrogen-bond acceptors (Lipinski definition) is 2. The van der Waals surface area contributed by atoms with Gasteiger partial charge in [-0.3, -0.25) is 0 Å². The highest BCUT2D eigenvalue weighted by Crippen LogP contribution is 2.16. The Hall–Kier alpha value is -0.0800. The molecule has 16 heavy (non-hydrogen) atoms. The predicted molar refractivity (Wildman–Crippen MR) is 69.7 cm³/mol. The van der Waals surface area contributed by atoms with Crippen molar-refractivity contribution in [2.24, 2.45) is 5.92 Å². The molecule has 1 aliphatic rings. The van der Waals surface area contributed by atoms with E-state index in [4.69, 9.17) is 4.74 Å². The van der Waals surface area contributed by atoms with E-state index in [1.165, 1.54) is 45.1 Å². The van der Waals surface area contributed by atoms with E-state index in [2.05, 4.69) is 26.1 Å². The highest BCUT2D eigenvalue weighted by Gasteiger charge is 2.17. The molecular weight excluding hydrogens is 198 g/mol.